The van der Waals surface area contributed by atoms with Gasteiger partial charge in [-0.15, -0.1) is 0 Å². The van der Waals surface area contributed by atoms with Gasteiger partial charge in [-0.1, -0.05) is 0 Å². The van der Waals surface area contributed by atoms with Crippen LogP contribution in [0, 0.1) is 24.0 Å². The molecule has 8 heteroatoms. The molecule has 20 heavy (non-hydrogen) atoms. The van der Waals surface area contributed by atoms with E-state index in [1.807, 2.05) is 0 Å². The maximum atomic E-state index is 10.8. The summed E-state index contributed by atoms with van der Waals surface area (Å²) in [4.78, 5) is 20.7. The minimum absolute atomic E-state index is 0.101. The van der Waals surface area contributed by atoms with E-state index in [9.17, 15) is 14.9 Å². The van der Waals surface area contributed by atoms with Gasteiger partial charge in [-0.3, -0.25) is 19.6 Å². The van der Waals surface area contributed by atoms with Gasteiger partial charge in [0.15, 0.2) is 0 Å². The molecule has 0 aliphatic heterocycles. The highest BCUT2D eigenvalue weighted by Crippen LogP contribution is 2.19. The Morgan fingerprint density at radius 1 is 1.50 bits per heavy atom. The molecule has 0 bridgehead atoms. The number of aromatic nitrogens is 2. The van der Waals surface area contributed by atoms with Crippen molar-refractivity contribution in [1.29, 1.82) is 0 Å². The molecule has 2 aromatic rings. The van der Waals surface area contributed by atoms with Crippen LogP contribution in [-0.2, 0) is 17.8 Å². The third kappa shape index (κ3) is 2.68. The largest absolute Gasteiger partial charge is 0.481 e. The summed E-state index contributed by atoms with van der Waals surface area (Å²) in [5, 5.41) is 23.6. The van der Waals surface area contributed by atoms with Crippen LogP contribution in [0.1, 0.15) is 22.7 Å². The molecule has 0 amide bonds. The van der Waals surface area contributed by atoms with Crippen LogP contribution >= 0.6 is 0 Å². The molecular weight excluding hydrogens is 266 g/mol. The van der Waals surface area contributed by atoms with Crippen LogP contribution in [0.3, 0.4) is 0 Å². The molecule has 2 heterocycles. The molecule has 0 aromatic carbocycles. The second kappa shape index (κ2) is 5.16. The van der Waals surface area contributed by atoms with Gasteiger partial charge in [0, 0.05) is 11.3 Å². The lowest BCUT2D eigenvalue weighted by molar-refractivity contribution is -0.402. The van der Waals surface area contributed by atoms with E-state index in [0.29, 0.717) is 22.7 Å². The monoisotopic (exact) mass is 279 g/mol. The predicted molar refractivity (Wildman–Crippen MR) is 67.5 cm³/mol. The Kier molecular flexibility index (Phi) is 3.55. The summed E-state index contributed by atoms with van der Waals surface area (Å²) in [6.45, 7) is 3.71. The zero-order valence-electron chi connectivity index (χ0n) is 11.0. The van der Waals surface area contributed by atoms with Crippen LogP contribution in [0.15, 0.2) is 16.5 Å². The van der Waals surface area contributed by atoms with Gasteiger partial charge in [0.25, 0.3) is 0 Å². The molecule has 0 spiro atoms. The van der Waals surface area contributed by atoms with E-state index >= 15 is 0 Å². The number of carboxylic acids is 1. The quantitative estimate of drug-likeness (QED) is 0.658. The summed E-state index contributed by atoms with van der Waals surface area (Å²) in [6, 6.07) is 2.78. The van der Waals surface area contributed by atoms with Crippen molar-refractivity contribution in [3.05, 3.63) is 45.0 Å². The number of carboxylic acid groups (broad SMARTS) is 1. The summed E-state index contributed by atoms with van der Waals surface area (Å²) < 4.78 is 6.64. The predicted octanol–water partition coefficient (Wildman–Crippen LogP) is 1.68. The minimum atomic E-state index is -0.926. The summed E-state index contributed by atoms with van der Waals surface area (Å²) in [5.74, 6) is -0.860. The van der Waals surface area contributed by atoms with E-state index in [2.05, 4.69) is 5.10 Å². The molecular formula is C12H13N3O5. The zero-order valence-corrected chi connectivity index (χ0v) is 11.0. The minimum Gasteiger partial charge on any atom is -0.481 e. The van der Waals surface area contributed by atoms with Crippen LogP contribution < -0.4 is 0 Å². The smallest absolute Gasteiger partial charge is 0.433 e. The summed E-state index contributed by atoms with van der Waals surface area (Å²) >= 11 is 0. The fourth-order valence-corrected chi connectivity index (χ4v) is 1.99. The van der Waals surface area contributed by atoms with Gasteiger partial charge in [0.1, 0.15) is 10.7 Å². The molecule has 2 aromatic heterocycles. The van der Waals surface area contributed by atoms with Gasteiger partial charge in [0.2, 0.25) is 0 Å². The van der Waals surface area contributed by atoms with Crippen molar-refractivity contribution in [3.8, 4) is 0 Å². The highest BCUT2D eigenvalue weighted by molar-refractivity contribution is 5.70. The molecule has 0 saturated carbocycles. The first kappa shape index (κ1) is 13.8. The van der Waals surface area contributed by atoms with Crippen LogP contribution in [0.5, 0.6) is 0 Å². The third-order valence-corrected chi connectivity index (χ3v) is 2.99. The average molecular weight is 279 g/mol. The normalized spacial score (nSPS) is 10.7. The van der Waals surface area contributed by atoms with E-state index in [1.165, 1.54) is 12.1 Å². The summed E-state index contributed by atoms with van der Waals surface area (Å²) in [7, 11) is 0. The molecule has 0 aliphatic rings. The SMILES string of the molecule is Cc1nn(Cc2ccc([N+](=O)[O-])o2)c(C)c1CC(=O)O. The molecule has 0 fully saturated rings. The third-order valence-electron chi connectivity index (χ3n) is 2.99. The lowest BCUT2D eigenvalue weighted by atomic mass is 10.1. The highest BCUT2D eigenvalue weighted by Gasteiger charge is 2.17. The lowest BCUT2D eigenvalue weighted by Gasteiger charge is -2.02. The van der Waals surface area contributed by atoms with Crippen molar-refractivity contribution in [2.24, 2.45) is 0 Å². The number of aliphatic carboxylic acids is 1. The van der Waals surface area contributed by atoms with Crippen molar-refractivity contribution < 1.29 is 19.2 Å². The second-order valence-electron chi connectivity index (χ2n) is 4.37. The van der Waals surface area contributed by atoms with Gasteiger partial charge in [-0.05, 0) is 19.9 Å². The lowest BCUT2D eigenvalue weighted by Crippen LogP contribution is -2.05. The molecule has 0 radical (unpaired) electrons. The number of furan rings is 1. The standard InChI is InChI=1S/C12H13N3O5/c1-7-10(5-12(16)17)8(2)14(13-7)6-9-3-4-11(20-9)15(18)19/h3-4H,5-6H2,1-2H3,(H,16,17). The molecule has 0 saturated heterocycles. The van der Waals surface area contributed by atoms with Crippen LogP contribution in [0.4, 0.5) is 5.88 Å². The maximum absolute atomic E-state index is 10.8. The Morgan fingerprint density at radius 2 is 2.20 bits per heavy atom. The Labute approximate surface area is 113 Å². The van der Waals surface area contributed by atoms with Gasteiger partial charge in [-0.2, -0.15) is 5.10 Å². The molecule has 106 valence electrons. The zero-order chi connectivity index (χ0) is 14.9. The molecule has 0 atom stereocenters. The Hall–Kier alpha value is -2.64. The number of carbonyl (C=O) groups is 1. The first-order valence-electron chi connectivity index (χ1n) is 5.86. The molecule has 0 unspecified atom stereocenters. The van der Waals surface area contributed by atoms with Gasteiger partial charge < -0.3 is 9.52 Å². The average Bonchev–Trinajstić information content (AvgIpc) is 2.91. The fourth-order valence-electron chi connectivity index (χ4n) is 1.99. The van der Waals surface area contributed by atoms with Crippen LogP contribution in [0.2, 0.25) is 0 Å². The van der Waals surface area contributed by atoms with Gasteiger partial charge >= 0.3 is 11.9 Å². The van der Waals surface area contributed by atoms with E-state index in [0.717, 1.165) is 0 Å². The number of hydrogen-bond donors (Lipinski definition) is 1. The van der Waals surface area contributed by atoms with Gasteiger partial charge in [-0.25, -0.2) is 0 Å². The van der Waals surface area contributed by atoms with Gasteiger partial charge in [0.05, 0.1) is 24.7 Å². The second-order valence-corrected chi connectivity index (χ2v) is 4.37. The topological polar surface area (TPSA) is 111 Å². The number of hydrogen-bond acceptors (Lipinski definition) is 5. The fraction of sp³-hybridized carbons (Fsp3) is 0.333. The summed E-state index contributed by atoms with van der Waals surface area (Å²) in [5.41, 5.74) is 1.99. The van der Waals surface area contributed by atoms with E-state index in [-0.39, 0.29) is 18.8 Å². The van der Waals surface area contributed by atoms with Crippen LogP contribution in [0.25, 0.3) is 0 Å². The summed E-state index contributed by atoms with van der Waals surface area (Å²) in [6.07, 6.45) is -0.101. The van der Waals surface area contributed by atoms with E-state index in [1.54, 1.807) is 18.5 Å². The first-order valence-corrected chi connectivity index (χ1v) is 5.86. The number of nitrogens with zero attached hydrogens (tertiary/aromatic N) is 3. The molecule has 0 aliphatic carbocycles. The van der Waals surface area contributed by atoms with Crippen molar-refractivity contribution in [3.63, 3.8) is 0 Å². The van der Waals surface area contributed by atoms with Crippen molar-refractivity contribution in [2.45, 2.75) is 26.8 Å². The first-order chi connectivity index (χ1) is 9.38. The number of rotatable bonds is 5. The number of nitro groups is 1. The molecule has 1 N–H and O–H groups in total. The maximum Gasteiger partial charge on any atom is 0.433 e. The highest BCUT2D eigenvalue weighted by atomic mass is 16.6. The van der Waals surface area contributed by atoms with Crippen LogP contribution in [-0.4, -0.2) is 25.8 Å². The Morgan fingerprint density at radius 3 is 2.75 bits per heavy atom. The number of aryl methyl sites for hydroxylation is 1. The van der Waals surface area contributed by atoms with E-state index < -0.39 is 10.9 Å². The molecule has 8 nitrogen and oxygen atoms in total. The van der Waals surface area contributed by atoms with E-state index in [4.69, 9.17) is 9.52 Å². The Balaban J connectivity index is 2.25. The Bertz CT molecular complexity index is 671. The van der Waals surface area contributed by atoms with Crippen molar-refractivity contribution >= 4 is 11.9 Å². The van der Waals surface area contributed by atoms with Crippen molar-refractivity contribution in [1.82, 2.24) is 9.78 Å². The van der Waals surface area contributed by atoms with Crippen molar-refractivity contribution in [2.75, 3.05) is 0 Å². The molecule has 2 rings (SSSR count).